The van der Waals surface area contributed by atoms with Crippen molar-refractivity contribution in [3.05, 3.63) is 24.3 Å². The minimum Gasteiger partial charge on any atom is -0.487 e. The molecule has 0 aromatic heterocycles. The van der Waals surface area contributed by atoms with E-state index in [0.29, 0.717) is 19.8 Å². The molecular weight excluding hydrogens is 282 g/mol. The molecule has 1 aliphatic rings. The first-order chi connectivity index (χ1) is 10.6. The Morgan fingerprint density at radius 1 is 1.32 bits per heavy atom. The summed E-state index contributed by atoms with van der Waals surface area (Å²) in [5.41, 5.74) is 0.821. The smallest absolute Gasteiger partial charge is 0.487 e. The average molecular weight is 308 g/mol. The molecule has 1 fully saturated rings. The third-order valence-corrected chi connectivity index (χ3v) is 3.76. The Morgan fingerprint density at radius 2 is 2.09 bits per heavy atom. The monoisotopic (exact) mass is 308 g/mol. The molecule has 0 N–H and O–H groups in total. The van der Waals surface area contributed by atoms with Crippen LogP contribution in [0.25, 0.3) is 0 Å². The number of rotatable bonds is 8. The van der Waals surface area contributed by atoms with Gasteiger partial charge in [0.15, 0.2) is 18.2 Å². The maximum absolute atomic E-state index is 12.4. The van der Waals surface area contributed by atoms with Gasteiger partial charge in [-0.1, -0.05) is 25.5 Å². The maximum atomic E-state index is 12.4. The normalized spacial score (nSPS) is 21.2. The first kappa shape index (κ1) is 16.8. The van der Waals surface area contributed by atoms with Gasteiger partial charge < -0.3 is 14.2 Å². The molecule has 0 saturated carbocycles. The molecule has 1 aromatic rings. The van der Waals surface area contributed by atoms with Gasteiger partial charge in [-0.3, -0.25) is 0 Å². The molecule has 0 aliphatic carbocycles. The number of unbranched alkanes of at least 4 members (excludes halogenated alkanes) is 1. The molecule has 2 rings (SSSR count). The summed E-state index contributed by atoms with van der Waals surface area (Å²) in [5, 5.41) is 0. The number of para-hydroxylation sites is 2. The van der Waals surface area contributed by atoms with Crippen molar-refractivity contribution in [2.24, 2.45) is 0 Å². The van der Waals surface area contributed by atoms with E-state index < -0.39 is 0 Å². The Labute approximate surface area is 132 Å². The van der Waals surface area contributed by atoms with Gasteiger partial charge in [0.1, 0.15) is 13.2 Å². The van der Waals surface area contributed by atoms with E-state index in [-0.39, 0.29) is 23.4 Å². The fraction of sp³-hybridized carbons (Fsp3) is 0.588. The molecule has 0 spiro atoms. The lowest BCUT2D eigenvalue weighted by Gasteiger charge is -2.29. The van der Waals surface area contributed by atoms with Crippen molar-refractivity contribution >= 4 is 11.8 Å². The van der Waals surface area contributed by atoms with Gasteiger partial charge in [0, 0.05) is 6.07 Å². The lowest BCUT2D eigenvalue weighted by molar-refractivity contribution is 0.0166. The average Bonchev–Trinajstić information content (AvgIpc) is 2.88. The number of cyclic esters (lactones) is 1. The molecule has 1 atom stereocenters. The molecule has 1 heterocycles. The minimum atomic E-state index is -0.271. The minimum absolute atomic E-state index is 0.0421. The Hall–Kier alpha value is -1.59. The van der Waals surface area contributed by atoms with Crippen molar-refractivity contribution < 1.29 is 19.0 Å². The van der Waals surface area contributed by atoms with Crippen LogP contribution in [0.1, 0.15) is 33.6 Å². The van der Waals surface area contributed by atoms with Crippen molar-refractivity contribution in [2.75, 3.05) is 26.5 Å². The summed E-state index contributed by atoms with van der Waals surface area (Å²) < 4.78 is 16.9. The molecule has 1 aromatic carbocycles. The standard InChI is InChI=1S/C17H26NO4/c1-4-5-11-20-16-9-7-6-8-15(16)18(13-22-14(2)3)10-12-21-17(18)19/h6-9,14H,4-5,10-13H2,1-3H3/q+1. The van der Waals surface area contributed by atoms with Crippen LogP contribution in [-0.4, -0.2) is 38.7 Å². The predicted octanol–water partition coefficient (Wildman–Crippen LogP) is 3.71. The van der Waals surface area contributed by atoms with E-state index in [0.717, 1.165) is 24.3 Å². The fourth-order valence-corrected chi connectivity index (χ4v) is 2.44. The van der Waals surface area contributed by atoms with Crippen LogP contribution in [0.3, 0.4) is 0 Å². The van der Waals surface area contributed by atoms with Crippen LogP contribution < -0.4 is 9.22 Å². The number of amides is 1. The number of ether oxygens (including phenoxy) is 3. The summed E-state index contributed by atoms with van der Waals surface area (Å²) in [6.45, 7) is 7.93. The highest BCUT2D eigenvalue weighted by atomic mass is 16.6. The second kappa shape index (κ2) is 7.61. The summed E-state index contributed by atoms with van der Waals surface area (Å²) in [6.07, 6.45) is 1.84. The Morgan fingerprint density at radius 3 is 2.73 bits per heavy atom. The zero-order chi connectivity index (χ0) is 16.0. The summed E-state index contributed by atoms with van der Waals surface area (Å²) in [7, 11) is 0. The molecule has 1 aliphatic heterocycles. The highest BCUT2D eigenvalue weighted by Gasteiger charge is 2.48. The van der Waals surface area contributed by atoms with Crippen LogP contribution in [0.2, 0.25) is 0 Å². The molecule has 0 bridgehead atoms. The van der Waals surface area contributed by atoms with Crippen molar-refractivity contribution in [1.29, 1.82) is 0 Å². The molecule has 5 heteroatoms. The van der Waals surface area contributed by atoms with Gasteiger partial charge in [-0.15, -0.1) is 0 Å². The molecule has 0 radical (unpaired) electrons. The molecule has 1 unspecified atom stereocenters. The van der Waals surface area contributed by atoms with Crippen molar-refractivity contribution in [2.45, 2.75) is 39.7 Å². The second-order valence-electron chi connectivity index (χ2n) is 5.82. The van der Waals surface area contributed by atoms with Crippen LogP contribution in [0.15, 0.2) is 24.3 Å². The Kier molecular flexibility index (Phi) is 5.80. The number of hydrogen-bond donors (Lipinski definition) is 0. The zero-order valence-corrected chi connectivity index (χ0v) is 13.7. The number of carbonyl (C=O) groups excluding carboxylic acids is 1. The van der Waals surface area contributed by atoms with E-state index in [1.807, 2.05) is 38.1 Å². The molecule has 122 valence electrons. The molecule has 22 heavy (non-hydrogen) atoms. The third-order valence-electron chi connectivity index (χ3n) is 3.76. The van der Waals surface area contributed by atoms with E-state index in [1.165, 1.54) is 0 Å². The van der Waals surface area contributed by atoms with Crippen molar-refractivity contribution in [3.8, 4) is 5.75 Å². The highest BCUT2D eigenvalue weighted by molar-refractivity contribution is 5.85. The van der Waals surface area contributed by atoms with E-state index in [1.54, 1.807) is 0 Å². The molecule has 5 nitrogen and oxygen atoms in total. The molecule has 1 amide bonds. The number of hydrogen-bond acceptors (Lipinski definition) is 4. The van der Waals surface area contributed by atoms with Gasteiger partial charge >= 0.3 is 6.09 Å². The second-order valence-corrected chi connectivity index (χ2v) is 5.82. The quantitative estimate of drug-likeness (QED) is 0.542. The summed E-state index contributed by atoms with van der Waals surface area (Å²) in [6, 6.07) is 7.68. The molecular formula is C17H26NO4+. The predicted molar refractivity (Wildman–Crippen MR) is 85.9 cm³/mol. The van der Waals surface area contributed by atoms with Crippen molar-refractivity contribution in [3.63, 3.8) is 0 Å². The van der Waals surface area contributed by atoms with Crippen LogP contribution in [-0.2, 0) is 9.47 Å². The van der Waals surface area contributed by atoms with Gasteiger partial charge in [-0.05, 0) is 26.3 Å². The number of carbonyl (C=O) groups is 1. The van der Waals surface area contributed by atoms with Gasteiger partial charge in [-0.2, -0.15) is 9.28 Å². The van der Waals surface area contributed by atoms with Crippen LogP contribution in [0.4, 0.5) is 10.5 Å². The van der Waals surface area contributed by atoms with Crippen molar-refractivity contribution in [1.82, 2.24) is 4.48 Å². The fourth-order valence-electron chi connectivity index (χ4n) is 2.44. The number of benzene rings is 1. The summed E-state index contributed by atoms with van der Waals surface area (Å²) in [4.78, 5) is 12.4. The van der Waals surface area contributed by atoms with E-state index in [2.05, 4.69) is 6.92 Å². The van der Waals surface area contributed by atoms with E-state index in [4.69, 9.17) is 14.2 Å². The van der Waals surface area contributed by atoms with Crippen LogP contribution in [0, 0.1) is 0 Å². The largest absolute Gasteiger partial charge is 0.523 e. The lowest BCUT2D eigenvalue weighted by atomic mass is 10.2. The van der Waals surface area contributed by atoms with E-state index >= 15 is 0 Å². The summed E-state index contributed by atoms with van der Waals surface area (Å²) in [5.74, 6) is 0.738. The number of nitrogens with zero attached hydrogens (tertiary/aromatic N) is 1. The first-order valence-electron chi connectivity index (χ1n) is 7.98. The van der Waals surface area contributed by atoms with E-state index in [9.17, 15) is 4.79 Å². The Bertz CT molecular complexity index is 503. The SMILES string of the molecule is CCCCOc1ccccc1[N+]1(COC(C)C)CCOC1=O. The zero-order valence-electron chi connectivity index (χ0n) is 13.7. The van der Waals surface area contributed by atoms with Gasteiger partial charge in [0.25, 0.3) is 0 Å². The summed E-state index contributed by atoms with van der Waals surface area (Å²) >= 11 is 0. The Balaban J connectivity index is 2.29. The topological polar surface area (TPSA) is 44.8 Å². The third kappa shape index (κ3) is 3.59. The van der Waals surface area contributed by atoms with Crippen LogP contribution in [0.5, 0.6) is 5.75 Å². The van der Waals surface area contributed by atoms with Crippen LogP contribution >= 0.6 is 0 Å². The maximum Gasteiger partial charge on any atom is 0.523 e. The first-order valence-corrected chi connectivity index (χ1v) is 7.98. The van der Waals surface area contributed by atoms with Gasteiger partial charge in [-0.25, -0.2) is 0 Å². The lowest BCUT2D eigenvalue weighted by Crippen LogP contribution is -2.52. The highest BCUT2D eigenvalue weighted by Crippen LogP contribution is 2.36. The number of quaternary nitrogens is 1. The molecule has 1 saturated heterocycles. The van der Waals surface area contributed by atoms with Gasteiger partial charge in [0.05, 0.1) is 12.7 Å². The van der Waals surface area contributed by atoms with Gasteiger partial charge in [0.2, 0.25) is 0 Å².